The summed E-state index contributed by atoms with van der Waals surface area (Å²) in [6, 6.07) is 5.59. The molecule has 0 aliphatic heterocycles. The van der Waals surface area contributed by atoms with Crippen LogP contribution in [0.2, 0.25) is 0 Å². The van der Waals surface area contributed by atoms with Crippen LogP contribution in [0.4, 0.5) is 0 Å². The number of benzene rings is 1. The fourth-order valence-corrected chi connectivity index (χ4v) is 1.35. The van der Waals surface area contributed by atoms with Crippen molar-refractivity contribution in [1.29, 1.82) is 0 Å². The summed E-state index contributed by atoms with van der Waals surface area (Å²) in [6.45, 7) is 6.97. The first kappa shape index (κ1) is 11.6. The molecule has 15 heavy (non-hydrogen) atoms. The number of amides is 1. The third-order valence-electron chi connectivity index (χ3n) is 2.02. The largest absolute Gasteiger partial charge is 0.493 e. The van der Waals surface area contributed by atoms with Gasteiger partial charge in [-0.25, -0.2) is 0 Å². The van der Waals surface area contributed by atoms with Crippen LogP contribution in [0.1, 0.15) is 29.8 Å². The highest BCUT2D eigenvalue weighted by molar-refractivity contribution is 5.96. The topological polar surface area (TPSA) is 38.3 Å². The van der Waals surface area contributed by atoms with E-state index in [1.54, 1.807) is 6.07 Å². The Labute approximate surface area is 90.4 Å². The minimum atomic E-state index is -0.0825. The lowest BCUT2D eigenvalue weighted by Gasteiger charge is -2.10. The average Bonchev–Trinajstić information content (AvgIpc) is 2.18. The van der Waals surface area contributed by atoms with Gasteiger partial charge in [0.05, 0.1) is 12.2 Å². The Kier molecular flexibility index (Phi) is 4.16. The van der Waals surface area contributed by atoms with Gasteiger partial charge in [0, 0.05) is 6.54 Å². The Bertz CT molecular complexity index is 347. The highest BCUT2D eigenvalue weighted by Crippen LogP contribution is 2.20. The van der Waals surface area contributed by atoms with Gasteiger partial charge in [-0.1, -0.05) is 6.07 Å². The Morgan fingerprint density at radius 2 is 2.13 bits per heavy atom. The summed E-state index contributed by atoms with van der Waals surface area (Å²) in [5, 5.41) is 2.76. The van der Waals surface area contributed by atoms with Crippen LogP contribution in [0.25, 0.3) is 0 Å². The van der Waals surface area contributed by atoms with Crippen molar-refractivity contribution in [2.24, 2.45) is 0 Å². The SMILES string of the molecule is CCNC(=O)c1ccc(C)cc1OCC. The van der Waals surface area contributed by atoms with E-state index < -0.39 is 0 Å². The summed E-state index contributed by atoms with van der Waals surface area (Å²) in [6.07, 6.45) is 0. The van der Waals surface area contributed by atoms with Crippen LogP contribution in [0.5, 0.6) is 5.75 Å². The number of rotatable bonds is 4. The summed E-state index contributed by atoms with van der Waals surface area (Å²) in [5.41, 5.74) is 1.69. The fourth-order valence-electron chi connectivity index (χ4n) is 1.35. The first-order valence-corrected chi connectivity index (χ1v) is 5.20. The van der Waals surface area contributed by atoms with Gasteiger partial charge in [0.15, 0.2) is 0 Å². The van der Waals surface area contributed by atoms with E-state index in [0.29, 0.717) is 24.5 Å². The fraction of sp³-hybridized carbons (Fsp3) is 0.417. The molecule has 3 heteroatoms. The number of nitrogens with one attached hydrogen (secondary N) is 1. The molecule has 0 aliphatic rings. The van der Waals surface area contributed by atoms with Crippen LogP contribution >= 0.6 is 0 Å². The smallest absolute Gasteiger partial charge is 0.255 e. The molecule has 0 radical (unpaired) electrons. The van der Waals surface area contributed by atoms with Crippen LogP contribution in [-0.2, 0) is 0 Å². The molecule has 0 fully saturated rings. The molecule has 0 unspecified atom stereocenters. The molecule has 0 saturated carbocycles. The van der Waals surface area contributed by atoms with Crippen molar-refractivity contribution < 1.29 is 9.53 Å². The summed E-state index contributed by atoms with van der Waals surface area (Å²) in [4.78, 5) is 11.7. The third kappa shape index (κ3) is 2.98. The minimum Gasteiger partial charge on any atom is -0.493 e. The van der Waals surface area contributed by atoms with E-state index in [-0.39, 0.29) is 5.91 Å². The lowest BCUT2D eigenvalue weighted by molar-refractivity contribution is 0.0952. The maximum atomic E-state index is 11.7. The van der Waals surface area contributed by atoms with Gasteiger partial charge in [-0.15, -0.1) is 0 Å². The van der Waals surface area contributed by atoms with E-state index in [0.717, 1.165) is 5.56 Å². The van der Waals surface area contributed by atoms with Crippen molar-refractivity contribution in [2.75, 3.05) is 13.2 Å². The van der Waals surface area contributed by atoms with E-state index in [4.69, 9.17) is 4.74 Å². The molecule has 0 atom stereocenters. The van der Waals surface area contributed by atoms with Crippen LogP contribution in [0.3, 0.4) is 0 Å². The molecule has 0 saturated heterocycles. The molecule has 1 amide bonds. The van der Waals surface area contributed by atoms with Gasteiger partial charge in [0.2, 0.25) is 0 Å². The first-order chi connectivity index (χ1) is 7.19. The molecule has 1 aromatic carbocycles. The Hall–Kier alpha value is -1.51. The number of carbonyl (C=O) groups excluding carboxylic acids is 1. The third-order valence-corrected chi connectivity index (χ3v) is 2.02. The quantitative estimate of drug-likeness (QED) is 0.821. The average molecular weight is 207 g/mol. The van der Waals surface area contributed by atoms with Crippen molar-refractivity contribution in [3.05, 3.63) is 29.3 Å². The zero-order valence-electron chi connectivity index (χ0n) is 9.46. The molecule has 0 aromatic heterocycles. The Balaban J connectivity index is 2.99. The first-order valence-electron chi connectivity index (χ1n) is 5.20. The van der Waals surface area contributed by atoms with E-state index in [9.17, 15) is 4.79 Å². The van der Waals surface area contributed by atoms with Gasteiger partial charge < -0.3 is 10.1 Å². The molecule has 0 aliphatic carbocycles. The van der Waals surface area contributed by atoms with Crippen molar-refractivity contribution in [2.45, 2.75) is 20.8 Å². The van der Waals surface area contributed by atoms with E-state index in [1.165, 1.54) is 0 Å². The van der Waals surface area contributed by atoms with Gasteiger partial charge in [-0.3, -0.25) is 4.79 Å². The van der Waals surface area contributed by atoms with Crippen LogP contribution < -0.4 is 10.1 Å². The van der Waals surface area contributed by atoms with Crippen molar-refractivity contribution >= 4 is 5.91 Å². The predicted octanol–water partition coefficient (Wildman–Crippen LogP) is 2.14. The van der Waals surface area contributed by atoms with Crippen molar-refractivity contribution in [3.8, 4) is 5.75 Å². The van der Waals surface area contributed by atoms with Crippen LogP contribution in [0, 0.1) is 6.92 Å². The normalized spacial score (nSPS) is 9.80. The number of hydrogen-bond donors (Lipinski definition) is 1. The van der Waals surface area contributed by atoms with E-state index in [1.807, 2.05) is 32.9 Å². The summed E-state index contributed by atoms with van der Waals surface area (Å²) in [7, 11) is 0. The minimum absolute atomic E-state index is 0.0825. The summed E-state index contributed by atoms with van der Waals surface area (Å²) >= 11 is 0. The maximum Gasteiger partial charge on any atom is 0.255 e. The Morgan fingerprint density at radius 1 is 1.40 bits per heavy atom. The molecule has 1 aromatic rings. The summed E-state index contributed by atoms with van der Waals surface area (Å²) < 4.78 is 5.42. The van der Waals surface area contributed by atoms with E-state index in [2.05, 4.69) is 5.32 Å². The van der Waals surface area contributed by atoms with Crippen molar-refractivity contribution in [3.63, 3.8) is 0 Å². The monoisotopic (exact) mass is 207 g/mol. The van der Waals surface area contributed by atoms with Crippen molar-refractivity contribution in [1.82, 2.24) is 5.32 Å². The number of hydrogen-bond acceptors (Lipinski definition) is 2. The molecule has 1 N–H and O–H groups in total. The number of aryl methyl sites for hydroxylation is 1. The zero-order chi connectivity index (χ0) is 11.3. The zero-order valence-corrected chi connectivity index (χ0v) is 9.46. The molecule has 0 bridgehead atoms. The predicted molar refractivity (Wildman–Crippen MR) is 60.4 cm³/mol. The van der Waals surface area contributed by atoms with Gasteiger partial charge >= 0.3 is 0 Å². The van der Waals surface area contributed by atoms with Gasteiger partial charge in [0.25, 0.3) is 5.91 Å². The highest BCUT2D eigenvalue weighted by Gasteiger charge is 2.11. The lowest BCUT2D eigenvalue weighted by atomic mass is 10.1. The molecular weight excluding hydrogens is 190 g/mol. The molecule has 3 nitrogen and oxygen atoms in total. The number of carbonyl (C=O) groups is 1. The van der Waals surface area contributed by atoms with Gasteiger partial charge in [0.1, 0.15) is 5.75 Å². The standard InChI is InChI=1S/C12H17NO2/c1-4-13-12(14)10-7-6-9(3)8-11(10)15-5-2/h6-8H,4-5H2,1-3H3,(H,13,14). The second kappa shape index (κ2) is 5.39. The van der Waals surface area contributed by atoms with E-state index >= 15 is 0 Å². The summed E-state index contributed by atoms with van der Waals surface area (Å²) in [5.74, 6) is 0.574. The maximum absolute atomic E-state index is 11.7. The molecule has 0 spiro atoms. The van der Waals surface area contributed by atoms with Crippen LogP contribution in [-0.4, -0.2) is 19.1 Å². The van der Waals surface area contributed by atoms with Gasteiger partial charge in [-0.2, -0.15) is 0 Å². The molecule has 1 rings (SSSR count). The molecule has 82 valence electrons. The molecular formula is C12H17NO2. The Morgan fingerprint density at radius 3 is 2.73 bits per heavy atom. The number of ether oxygens (including phenoxy) is 1. The second-order valence-corrected chi connectivity index (χ2v) is 3.29. The van der Waals surface area contributed by atoms with Crippen LogP contribution in [0.15, 0.2) is 18.2 Å². The highest BCUT2D eigenvalue weighted by atomic mass is 16.5. The molecule has 0 heterocycles. The van der Waals surface area contributed by atoms with Gasteiger partial charge in [-0.05, 0) is 38.5 Å². The second-order valence-electron chi connectivity index (χ2n) is 3.29. The lowest BCUT2D eigenvalue weighted by Crippen LogP contribution is -2.23.